The molecule has 1 unspecified atom stereocenters. The Morgan fingerprint density at radius 1 is 1.24 bits per heavy atom. The molecule has 114 valence electrons. The van der Waals surface area contributed by atoms with Gasteiger partial charge in [0.2, 0.25) is 10.0 Å². The van der Waals surface area contributed by atoms with Gasteiger partial charge in [-0.3, -0.25) is 0 Å². The summed E-state index contributed by atoms with van der Waals surface area (Å²) in [5, 5.41) is 2.73. The standard InChI is InChI=1S/C16H22N2O2S/c1-13-5-2-7-15-14(13)6-3-8-16(15)21(19,20)18-11-4-9-17-10-12-18/h2-3,5,7-8,16-17H,4,6,9-12H2,1H3. The van der Waals surface area contributed by atoms with Crippen LogP contribution in [0.5, 0.6) is 0 Å². The van der Waals surface area contributed by atoms with E-state index >= 15 is 0 Å². The monoisotopic (exact) mass is 306 g/mol. The molecule has 0 radical (unpaired) electrons. The molecule has 3 rings (SSSR count). The zero-order valence-corrected chi connectivity index (χ0v) is 13.2. The van der Waals surface area contributed by atoms with E-state index in [0.717, 1.165) is 31.5 Å². The highest BCUT2D eigenvalue weighted by Crippen LogP contribution is 2.34. The molecule has 1 heterocycles. The molecule has 1 aliphatic carbocycles. The van der Waals surface area contributed by atoms with E-state index in [-0.39, 0.29) is 0 Å². The van der Waals surface area contributed by atoms with Crippen molar-refractivity contribution < 1.29 is 8.42 Å². The maximum atomic E-state index is 13.0. The van der Waals surface area contributed by atoms with Crippen molar-refractivity contribution in [3.8, 4) is 0 Å². The molecule has 0 aromatic heterocycles. The van der Waals surface area contributed by atoms with Crippen molar-refractivity contribution in [3.63, 3.8) is 0 Å². The average molecular weight is 306 g/mol. The summed E-state index contributed by atoms with van der Waals surface area (Å²) in [4.78, 5) is 0. The third-order valence-corrected chi connectivity index (χ3v) is 6.50. The lowest BCUT2D eigenvalue weighted by atomic mass is 9.93. The van der Waals surface area contributed by atoms with Gasteiger partial charge in [0, 0.05) is 19.6 Å². The maximum absolute atomic E-state index is 13.0. The first-order valence-corrected chi connectivity index (χ1v) is 9.06. The molecule has 1 saturated heterocycles. The smallest absolute Gasteiger partial charge is 0.224 e. The molecule has 0 amide bonds. The summed E-state index contributed by atoms with van der Waals surface area (Å²) in [5.41, 5.74) is 3.30. The summed E-state index contributed by atoms with van der Waals surface area (Å²) in [7, 11) is -3.33. The van der Waals surface area contributed by atoms with Crippen LogP contribution in [0.25, 0.3) is 0 Å². The first kappa shape index (κ1) is 14.8. The van der Waals surface area contributed by atoms with E-state index in [1.165, 1.54) is 11.1 Å². The van der Waals surface area contributed by atoms with Gasteiger partial charge in [-0.15, -0.1) is 0 Å². The minimum atomic E-state index is -3.33. The van der Waals surface area contributed by atoms with Crippen molar-refractivity contribution in [2.24, 2.45) is 0 Å². The normalized spacial score (nSPS) is 23.6. The number of allylic oxidation sites excluding steroid dienone is 1. The SMILES string of the molecule is Cc1cccc2c1CC=CC2S(=O)(=O)N1CCCNCC1. The van der Waals surface area contributed by atoms with Gasteiger partial charge in [-0.05, 0) is 43.0 Å². The van der Waals surface area contributed by atoms with Crippen molar-refractivity contribution >= 4 is 10.0 Å². The van der Waals surface area contributed by atoms with Crippen molar-refractivity contribution in [1.82, 2.24) is 9.62 Å². The lowest BCUT2D eigenvalue weighted by Gasteiger charge is -2.28. The van der Waals surface area contributed by atoms with Crippen LogP contribution in [-0.4, -0.2) is 38.9 Å². The maximum Gasteiger partial charge on any atom is 0.224 e. The van der Waals surface area contributed by atoms with Crippen LogP contribution in [0.4, 0.5) is 0 Å². The molecule has 0 bridgehead atoms. The molecular formula is C16H22N2O2S. The quantitative estimate of drug-likeness (QED) is 0.847. The van der Waals surface area contributed by atoms with E-state index in [1.54, 1.807) is 4.31 Å². The van der Waals surface area contributed by atoms with Crippen LogP contribution in [0.15, 0.2) is 30.4 Å². The molecule has 0 spiro atoms. The van der Waals surface area contributed by atoms with Crippen LogP contribution in [-0.2, 0) is 16.4 Å². The van der Waals surface area contributed by atoms with Gasteiger partial charge in [0.05, 0.1) is 0 Å². The Labute approximate surface area is 126 Å². The second kappa shape index (κ2) is 5.91. The van der Waals surface area contributed by atoms with Gasteiger partial charge in [0.1, 0.15) is 5.25 Å². The molecule has 4 nitrogen and oxygen atoms in total. The molecule has 1 aliphatic heterocycles. The Bertz CT molecular complexity index is 644. The number of hydrogen-bond acceptors (Lipinski definition) is 3. The van der Waals surface area contributed by atoms with Gasteiger partial charge in [-0.2, -0.15) is 4.31 Å². The molecule has 21 heavy (non-hydrogen) atoms. The second-order valence-electron chi connectivity index (χ2n) is 5.74. The fourth-order valence-corrected chi connectivity index (χ4v) is 5.08. The summed E-state index contributed by atoms with van der Waals surface area (Å²) >= 11 is 0. The Hall–Kier alpha value is -1.17. The Balaban J connectivity index is 1.98. The predicted molar refractivity (Wildman–Crippen MR) is 84.7 cm³/mol. The lowest BCUT2D eigenvalue weighted by Crippen LogP contribution is -2.37. The molecule has 0 saturated carbocycles. The van der Waals surface area contributed by atoms with Gasteiger partial charge in [0.25, 0.3) is 0 Å². The van der Waals surface area contributed by atoms with Gasteiger partial charge < -0.3 is 5.32 Å². The van der Waals surface area contributed by atoms with E-state index in [0.29, 0.717) is 13.1 Å². The number of benzene rings is 1. The highest BCUT2D eigenvalue weighted by Gasteiger charge is 2.34. The summed E-state index contributed by atoms with van der Waals surface area (Å²) in [5.74, 6) is 0. The van der Waals surface area contributed by atoms with Gasteiger partial charge in [-0.25, -0.2) is 8.42 Å². The molecule has 1 atom stereocenters. The molecule has 1 N–H and O–H groups in total. The first-order valence-electron chi connectivity index (χ1n) is 7.55. The van der Waals surface area contributed by atoms with E-state index in [2.05, 4.69) is 18.3 Å². The van der Waals surface area contributed by atoms with E-state index in [9.17, 15) is 8.42 Å². The Morgan fingerprint density at radius 3 is 2.95 bits per heavy atom. The van der Waals surface area contributed by atoms with Crippen LogP contribution < -0.4 is 5.32 Å². The van der Waals surface area contributed by atoms with Crippen LogP contribution in [0.1, 0.15) is 28.4 Å². The number of sulfonamides is 1. The fraction of sp³-hybridized carbons (Fsp3) is 0.500. The second-order valence-corrected chi connectivity index (χ2v) is 7.80. The zero-order chi connectivity index (χ0) is 14.9. The number of aryl methyl sites for hydroxylation is 1. The Morgan fingerprint density at radius 2 is 2.10 bits per heavy atom. The van der Waals surface area contributed by atoms with E-state index < -0.39 is 15.3 Å². The van der Waals surface area contributed by atoms with Gasteiger partial charge >= 0.3 is 0 Å². The number of hydrogen-bond donors (Lipinski definition) is 1. The molecule has 2 aliphatic rings. The highest BCUT2D eigenvalue weighted by atomic mass is 32.2. The summed E-state index contributed by atoms with van der Waals surface area (Å²) in [6, 6.07) is 5.97. The summed E-state index contributed by atoms with van der Waals surface area (Å²) in [6.45, 7) is 4.85. The van der Waals surface area contributed by atoms with Crippen molar-refractivity contribution in [1.29, 1.82) is 0 Å². The third-order valence-electron chi connectivity index (χ3n) is 4.37. The number of rotatable bonds is 2. The number of fused-ring (bicyclic) bond motifs is 1. The van der Waals surface area contributed by atoms with Crippen LogP contribution in [0.2, 0.25) is 0 Å². The molecule has 5 heteroatoms. The molecule has 1 fully saturated rings. The van der Waals surface area contributed by atoms with Crippen molar-refractivity contribution in [3.05, 3.63) is 47.0 Å². The topological polar surface area (TPSA) is 49.4 Å². The van der Waals surface area contributed by atoms with Crippen molar-refractivity contribution in [2.45, 2.75) is 25.0 Å². The first-order chi connectivity index (χ1) is 10.1. The number of nitrogens with zero attached hydrogens (tertiary/aromatic N) is 1. The van der Waals surface area contributed by atoms with Crippen LogP contribution >= 0.6 is 0 Å². The fourth-order valence-electron chi connectivity index (χ4n) is 3.18. The molecule has 1 aromatic carbocycles. The highest BCUT2D eigenvalue weighted by molar-refractivity contribution is 7.89. The third kappa shape index (κ3) is 2.78. The lowest BCUT2D eigenvalue weighted by molar-refractivity contribution is 0.427. The van der Waals surface area contributed by atoms with Crippen LogP contribution in [0, 0.1) is 6.92 Å². The van der Waals surface area contributed by atoms with Gasteiger partial charge in [-0.1, -0.05) is 30.4 Å². The van der Waals surface area contributed by atoms with Gasteiger partial charge in [0.15, 0.2) is 0 Å². The summed E-state index contributed by atoms with van der Waals surface area (Å²) < 4.78 is 27.7. The average Bonchev–Trinajstić information content (AvgIpc) is 2.77. The molecular weight excluding hydrogens is 284 g/mol. The largest absolute Gasteiger partial charge is 0.315 e. The number of nitrogens with one attached hydrogen (secondary N) is 1. The molecule has 1 aromatic rings. The summed E-state index contributed by atoms with van der Waals surface area (Å²) in [6.07, 6.45) is 5.55. The predicted octanol–water partition coefficient (Wildman–Crippen LogP) is 1.77. The van der Waals surface area contributed by atoms with Crippen molar-refractivity contribution in [2.75, 3.05) is 26.2 Å². The van der Waals surface area contributed by atoms with E-state index in [4.69, 9.17) is 0 Å². The minimum absolute atomic E-state index is 0.528. The zero-order valence-electron chi connectivity index (χ0n) is 12.4. The van der Waals surface area contributed by atoms with Crippen LogP contribution in [0.3, 0.4) is 0 Å². The minimum Gasteiger partial charge on any atom is -0.315 e. The Kier molecular flexibility index (Phi) is 4.15. The van der Waals surface area contributed by atoms with E-state index in [1.807, 2.05) is 24.3 Å².